The van der Waals surface area contributed by atoms with Crippen molar-refractivity contribution >= 4 is 17.7 Å². The Morgan fingerprint density at radius 3 is 2.44 bits per heavy atom. The Hall–Kier alpha value is -2.28. The van der Waals surface area contributed by atoms with Crippen LogP contribution in [0.2, 0.25) is 0 Å². The molecule has 0 aromatic heterocycles. The standard InChI is InChI=1S/C20H21F2NO3S/c1-25-15-9-13(10-16(12-15)26-2)20(24)23-6-5-19(27-8-7-23)17-11-14(21)3-4-18(17)22/h3-4,9-12,19H,5-8H2,1-2H3. The van der Waals surface area contributed by atoms with Crippen LogP contribution in [-0.4, -0.2) is 43.9 Å². The second kappa shape index (κ2) is 8.61. The summed E-state index contributed by atoms with van der Waals surface area (Å²) in [5.41, 5.74) is 0.837. The van der Waals surface area contributed by atoms with Crippen LogP contribution in [-0.2, 0) is 0 Å². The fourth-order valence-electron chi connectivity index (χ4n) is 3.10. The quantitative estimate of drug-likeness (QED) is 0.776. The summed E-state index contributed by atoms with van der Waals surface area (Å²) in [6, 6.07) is 8.57. The Morgan fingerprint density at radius 2 is 1.78 bits per heavy atom. The predicted molar refractivity (Wildman–Crippen MR) is 102 cm³/mol. The number of rotatable bonds is 4. The first-order chi connectivity index (χ1) is 13.0. The molecule has 1 saturated heterocycles. The minimum Gasteiger partial charge on any atom is -0.497 e. The van der Waals surface area contributed by atoms with Gasteiger partial charge in [-0.15, -0.1) is 0 Å². The number of ether oxygens (including phenoxy) is 2. The smallest absolute Gasteiger partial charge is 0.254 e. The van der Waals surface area contributed by atoms with Crippen LogP contribution in [0, 0.1) is 11.6 Å². The first-order valence-corrected chi connectivity index (χ1v) is 9.65. The van der Waals surface area contributed by atoms with Gasteiger partial charge in [-0.05, 0) is 36.8 Å². The first kappa shape index (κ1) is 19.5. The van der Waals surface area contributed by atoms with Crippen LogP contribution in [0.3, 0.4) is 0 Å². The largest absolute Gasteiger partial charge is 0.497 e. The topological polar surface area (TPSA) is 38.8 Å². The highest BCUT2D eigenvalue weighted by Crippen LogP contribution is 2.36. The van der Waals surface area contributed by atoms with Crippen LogP contribution in [0.5, 0.6) is 11.5 Å². The summed E-state index contributed by atoms with van der Waals surface area (Å²) in [6.07, 6.45) is 0.553. The normalized spacial score (nSPS) is 17.3. The zero-order chi connectivity index (χ0) is 19.4. The number of benzene rings is 2. The van der Waals surface area contributed by atoms with Crippen molar-refractivity contribution in [3.63, 3.8) is 0 Å². The summed E-state index contributed by atoms with van der Waals surface area (Å²) in [7, 11) is 3.06. The Bertz CT molecular complexity index is 809. The molecule has 144 valence electrons. The van der Waals surface area contributed by atoms with Gasteiger partial charge in [-0.1, -0.05) is 0 Å². The molecule has 1 fully saturated rings. The van der Waals surface area contributed by atoms with Crippen molar-refractivity contribution < 1.29 is 23.0 Å². The van der Waals surface area contributed by atoms with Gasteiger partial charge in [0.25, 0.3) is 5.91 Å². The van der Waals surface area contributed by atoms with E-state index in [4.69, 9.17) is 9.47 Å². The predicted octanol–water partition coefficient (Wildman–Crippen LogP) is 4.30. The van der Waals surface area contributed by atoms with Gasteiger partial charge in [-0.2, -0.15) is 11.8 Å². The van der Waals surface area contributed by atoms with E-state index >= 15 is 0 Å². The third kappa shape index (κ3) is 4.53. The number of carbonyl (C=O) groups excluding carboxylic acids is 1. The minimum atomic E-state index is -0.451. The Kier molecular flexibility index (Phi) is 6.21. The molecule has 0 bridgehead atoms. The molecule has 3 rings (SSSR count). The maximum Gasteiger partial charge on any atom is 0.254 e. The van der Waals surface area contributed by atoms with Gasteiger partial charge >= 0.3 is 0 Å². The van der Waals surface area contributed by atoms with Gasteiger partial charge in [0.2, 0.25) is 0 Å². The molecule has 0 aliphatic carbocycles. The lowest BCUT2D eigenvalue weighted by Crippen LogP contribution is -2.33. The number of amides is 1. The van der Waals surface area contributed by atoms with Crippen molar-refractivity contribution in [3.8, 4) is 11.5 Å². The van der Waals surface area contributed by atoms with Crippen molar-refractivity contribution in [2.24, 2.45) is 0 Å². The third-order valence-electron chi connectivity index (χ3n) is 4.53. The van der Waals surface area contributed by atoms with Gasteiger partial charge in [0.05, 0.1) is 14.2 Å². The lowest BCUT2D eigenvalue weighted by molar-refractivity contribution is 0.0765. The molecular weight excluding hydrogens is 372 g/mol. The molecule has 7 heteroatoms. The SMILES string of the molecule is COc1cc(OC)cc(C(=O)N2CCSC(c3cc(F)ccc3F)CC2)c1. The molecule has 2 aromatic rings. The molecule has 0 radical (unpaired) electrons. The Labute approximate surface area is 161 Å². The zero-order valence-electron chi connectivity index (χ0n) is 15.2. The molecule has 2 aromatic carbocycles. The summed E-state index contributed by atoms with van der Waals surface area (Å²) in [5.74, 6) is 0.739. The maximum absolute atomic E-state index is 14.1. The first-order valence-electron chi connectivity index (χ1n) is 8.60. The van der Waals surface area contributed by atoms with Crippen molar-refractivity contribution in [3.05, 3.63) is 59.2 Å². The highest BCUT2D eigenvalue weighted by atomic mass is 32.2. The van der Waals surface area contributed by atoms with Crippen molar-refractivity contribution in [1.82, 2.24) is 4.90 Å². The van der Waals surface area contributed by atoms with E-state index in [-0.39, 0.29) is 11.2 Å². The van der Waals surface area contributed by atoms with Crippen molar-refractivity contribution in [2.45, 2.75) is 11.7 Å². The van der Waals surface area contributed by atoms with E-state index in [1.54, 1.807) is 34.9 Å². The van der Waals surface area contributed by atoms with Crippen LogP contribution < -0.4 is 9.47 Å². The second-order valence-electron chi connectivity index (χ2n) is 6.21. The van der Waals surface area contributed by atoms with Gasteiger partial charge < -0.3 is 14.4 Å². The molecule has 0 saturated carbocycles. The van der Waals surface area contributed by atoms with Crippen LogP contribution in [0.1, 0.15) is 27.6 Å². The third-order valence-corrected chi connectivity index (χ3v) is 5.84. The van der Waals surface area contributed by atoms with Gasteiger partial charge in [-0.25, -0.2) is 8.78 Å². The van der Waals surface area contributed by atoms with Gasteiger partial charge in [0.1, 0.15) is 23.1 Å². The molecule has 1 unspecified atom stereocenters. The van der Waals surface area contributed by atoms with Crippen LogP contribution in [0.15, 0.2) is 36.4 Å². The molecule has 1 aliphatic rings. The maximum atomic E-state index is 14.1. The van der Waals surface area contributed by atoms with E-state index in [1.807, 2.05) is 0 Å². The molecule has 0 N–H and O–H groups in total. The zero-order valence-corrected chi connectivity index (χ0v) is 16.0. The summed E-state index contributed by atoms with van der Waals surface area (Å²) in [6.45, 7) is 1.00. The van der Waals surface area contributed by atoms with E-state index in [0.29, 0.717) is 47.9 Å². The summed E-state index contributed by atoms with van der Waals surface area (Å²) in [5, 5.41) is -0.182. The molecular formula is C20H21F2NO3S. The number of thioether (sulfide) groups is 1. The molecule has 0 spiro atoms. The molecule has 27 heavy (non-hydrogen) atoms. The fraction of sp³-hybridized carbons (Fsp3) is 0.350. The number of hydrogen-bond donors (Lipinski definition) is 0. The van der Waals surface area contributed by atoms with Crippen LogP contribution in [0.25, 0.3) is 0 Å². The number of hydrogen-bond acceptors (Lipinski definition) is 4. The second-order valence-corrected chi connectivity index (χ2v) is 7.52. The van der Waals surface area contributed by atoms with E-state index in [0.717, 1.165) is 12.1 Å². The molecule has 1 amide bonds. The molecule has 1 aliphatic heterocycles. The van der Waals surface area contributed by atoms with E-state index < -0.39 is 11.6 Å². The number of methoxy groups -OCH3 is 2. The average Bonchev–Trinajstić information content (AvgIpc) is 2.94. The highest BCUT2D eigenvalue weighted by Gasteiger charge is 2.25. The Morgan fingerprint density at radius 1 is 1.07 bits per heavy atom. The van der Waals surface area contributed by atoms with E-state index in [9.17, 15) is 13.6 Å². The molecule has 4 nitrogen and oxygen atoms in total. The average molecular weight is 393 g/mol. The number of carbonyl (C=O) groups is 1. The fourth-order valence-corrected chi connectivity index (χ4v) is 4.34. The van der Waals surface area contributed by atoms with Crippen molar-refractivity contribution in [2.75, 3.05) is 33.1 Å². The van der Waals surface area contributed by atoms with Crippen LogP contribution in [0.4, 0.5) is 8.78 Å². The number of nitrogens with zero attached hydrogens (tertiary/aromatic N) is 1. The van der Waals surface area contributed by atoms with E-state index in [1.165, 1.54) is 20.3 Å². The summed E-state index contributed by atoms with van der Waals surface area (Å²) < 4.78 is 38.0. The summed E-state index contributed by atoms with van der Waals surface area (Å²) in [4.78, 5) is 14.7. The monoisotopic (exact) mass is 393 g/mol. The molecule has 1 atom stereocenters. The van der Waals surface area contributed by atoms with Crippen molar-refractivity contribution in [1.29, 1.82) is 0 Å². The lowest BCUT2D eigenvalue weighted by Gasteiger charge is -2.21. The lowest BCUT2D eigenvalue weighted by atomic mass is 10.1. The van der Waals surface area contributed by atoms with Gasteiger partial charge in [0, 0.05) is 41.3 Å². The molecule has 1 heterocycles. The number of halogens is 2. The van der Waals surface area contributed by atoms with Gasteiger partial charge in [0.15, 0.2) is 0 Å². The Balaban J connectivity index is 1.76. The summed E-state index contributed by atoms with van der Waals surface area (Å²) >= 11 is 1.54. The van der Waals surface area contributed by atoms with Crippen LogP contribution >= 0.6 is 11.8 Å². The van der Waals surface area contributed by atoms with E-state index in [2.05, 4.69) is 0 Å². The van der Waals surface area contributed by atoms with Gasteiger partial charge in [-0.3, -0.25) is 4.79 Å². The highest BCUT2D eigenvalue weighted by molar-refractivity contribution is 7.99. The minimum absolute atomic E-state index is 0.131.